The summed E-state index contributed by atoms with van der Waals surface area (Å²) in [7, 11) is 2.06. The van der Waals surface area contributed by atoms with Crippen LogP contribution < -0.4 is 24.0 Å². The van der Waals surface area contributed by atoms with Crippen LogP contribution in [0.3, 0.4) is 0 Å². The van der Waals surface area contributed by atoms with Gasteiger partial charge in [0.2, 0.25) is 0 Å². The number of hydrogen-bond acceptors (Lipinski definition) is 4. The second-order valence-electron chi connectivity index (χ2n) is 7.23. The van der Waals surface area contributed by atoms with E-state index in [-0.39, 0.29) is 35.1 Å². The van der Waals surface area contributed by atoms with Crippen LogP contribution in [0.5, 0.6) is 0 Å². The van der Waals surface area contributed by atoms with Gasteiger partial charge in [-0.2, -0.15) is 4.58 Å². The lowest BCUT2D eigenvalue weighted by Gasteiger charge is -2.09. The summed E-state index contributed by atoms with van der Waals surface area (Å²) in [5.74, 6) is 1.84. The van der Waals surface area contributed by atoms with Gasteiger partial charge < -0.3 is 38.2 Å². The fourth-order valence-electron chi connectivity index (χ4n) is 2.18. The van der Waals surface area contributed by atoms with Crippen molar-refractivity contribution < 1.29 is 42.8 Å². The second kappa shape index (κ2) is 13.5. The van der Waals surface area contributed by atoms with Crippen molar-refractivity contribution in [1.29, 1.82) is 0 Å². The fraction of sp³-hybridized carbons (Fsp3) is 0.889. The summed E-state index contributed by atoms with van der Waals surface area (Å²) < 4.78 is 17.5. The van der Waals surface area contributed by atoms with Gasteiger partial charge in [-0.05, 0) is 31.6 Å². The minimum atomic E-state index is 0. The van der Waals surface area contributed by atoms with E-state index in [1.54, 1.807) is 0 Å². The number of hydrogen-bond donors (Lipinski definition) is 0. The molecule has 0 amide bonds. The number of halogens is 2. The molecule has 3 heterocycles. The second-order valence-corrected chi connectivity index (χ2v) is 7.23. The van der Waals surface area contributed by atoms with Crippen molar-refractivity contribution in [2.75, 3.05) is 38.4 Å². The summed E-state index contributed by atoms with van der Waals surface area (Å²) >= 11 is 2.15. The van der Waals surface area contributed by atoms with Crippen LogP contribution in [0.4, 0.5) is 0 Å². The predicted octanol–water partition coefficient (Wildman–Crippen LogP) is 0.922. The van der Waals surface area contributed by atoms with Gasteiger partial charge in [0.25, 0.3) is 0 Å². The summed E-state index contributed by atoms with van der Waals surface area (Å²) in [6.07, 6.45) is 2.56. The van der Waals surface area contributed by atoms with Gasteiger partial charge in [0, 0.05) is 34.0 Å². The molecule has 0 radical (unpaired) electrons. The Bertz CT molecular complexity index is 424. The zero-order valence-corrected chi connectivity index (χ0v) is 21.4. The molecule has 3 aliphatic rings. The highest BCUT2D eigenvalue weighted by molar-refractivity contribution is 14.1. The first-order chi connectivity index (χ1) is 11.1. The van der Waals surface area contributed by atoms with E-state index in [1.165, 1.54) is 12.8 Å². The van der Waals surface area contributed by atoms with Gasteiger partial charge in [0.05, 0.1) is 12.5 Å². The topological polar surface area (TPSA) is 43.1 Å². The number of alkyl halides is 1. The van der Waals surface area contributed by atoms with Crippen LogP contribution >= 0.6 is 22.6 Å². The third-order valence-corrected chi connectivity index (χ3v) is 3.94. The Balaban J connectivity index is 0. The molecule has 0 N–H and O–H groups in total. The molecule has 25 heavy (non-hydrogen) atoms. The number of nitrogens with zero attached hydrogens (tertiary/aromatic N) is 2. The van der Waals surface area contributed by atoms with Crippen molar-refractivity contribution in [1.82, 2.24) is 0 Å². The Morgan fingerprint density at radius 1 is 0.960 bits per heavy atom. The normalized spacial score (nSPS) is 21.7. The van der Waals surface area contributed by atoms with E-state index in [0.29, 0.717) is 0 Å². The van der Waals surface area contributed by atoms with Crippen LogP contribution in [0.15, 0.2) is 4.99 Å². The Kier molecular flexibility index (Phi) is 14.9. The van der Waals surface area contributed by atoms with Gasteiger partial charge in [-0.15, -0.1) is 0 Å². The minimum Gasteiger partial charge on any atom is -1.00 e. The Labute approximate surface area is 185 Å². The van der Waals surface area contributed by atoms with Crippen molar-refractivity contribution in [3.8, 4) is 0 Å². The molecule has 5 nitrogen and oxygen atoms in total. The van der Waals surface area contributed by atoms with Crippen LogP contribution in [0.1, 0.15) is 54.4 Å². The highest BCUT2D eigenvalue weighted by Crippen LogP contribution is 2.16. The van der Waals surface area contributed by atoms with Crippen molar-refractivity contribution in [2.45, 2.75) is 65.5 Å². The SMILES string of the molecule is C1CCOC1.CC1=NC(C)(C)CO1.CC1=[N+](C)C(C)(C)CO1.CI.[I-]. The third kappa shape index (κ3) is 11.6. The van der Waals surface area contributed by atoms with Crippen LogP contribution in [-0.4, -0.2) is 65.9 Å². The molecule has 0 aromatic rings. The van der Waals surface area contributed by atoms with Gasteiger partial charge in [0.1, 0.15) is 13.7 Å². The number of ether oxygens (including phenoxy) is 3. The molecule has 0 bridgehead atoms. The Morgan fingerprint density at radius 2 is 1.48 bits per heavy atom. The summed E-state index contributed by atoms with van der Waals surface area (Å²) in [6.45, 7) is 15.9. The van der Waals surface area contributed by atoms with Crippen molar-refractivity contribution in [3.63, 3.8) is 0 Å². The molecule has 0 aliphatic carbocycles. The average Bonchev–Trinajstić information content (AvgIpc) is 3.24. The first kappa shape index (κ1) is 27.6. The number of likely N-dealkylation sites (N-methyl/N-ethyl adjacent to an activating group) is 1. The van der Waals surface area contributed by atoms with Crippen molar-refractivity contribution in [3.05, 3.63) is 0 Å². The molecule has 0 unspecified atom stereocenters. The van der Waals surface area contributed by atoms with Crippen LogP contribution in [0.2, 0.25) is 0 Å². The van der Waals surface area contributed by atoms with Gasteiger partial charge in [0.15, 0.2) is 18.0 Å². The lowest BCUT2D eigenvalue weighted by molar-refractivity contribution is -0.563. The summed E-state index contributed by atoms with van der Waals surface area (Å²) in [5.41, 5.74) is 0.230. The first-order valence-corrected chi connectivity index (χ1v) is 10.6. The molecule has 3 aliphatic heterocycles. The van der Waals surface area contributed by atoms with Crippen LogP contribution in [-0.2, 0) is 14.2 Å². The largest absolute Gasteiger partial charge is 1.00 e. The molecule has 0 saturated carbocycles. The summed E-state index contributed by atoms with van der Waals surface area (Å²) in [5, 5.41) is 0. The average molecular weight is 582 g/mol. The Morgan fingerprint density at radius 3 is 1.60 bits per heavy atom. The highest BCUT2D eigenvalue weighted by atomic mass is 127. The van der Waals surface area contributed by atoms with E-state index in [0.717, 1.165) is 38.2 Å². The van der Waals surface area contributed by atoms with Crippen LogP contribution in [0, 0.1) is 0 Å². The fourth-order valence-corrected chi connectivity index (χ4v) is 2.18. The molecule has 0 atom stereocenters. The molecule has 7 heteroatoms. The van der Waals surface area contributed by atoms with Crippen molar-refractivity contribution in [2.24, 2.45) is 4.99 Å². The van der Waals surface area contributed by atoms with Crippen molar-refractivity contribution >= 4 is 34.4 Å². The van der Waals surface area contributed by atoms with Gasteiger partial charge in [-0.1, -0.05) is 22.6 Å². The molecular formula is C18H36I2N2O3. The Hall–Kier alpha value is 0.360. The lowest BCUT2D eigenvalue weighted by Crippen LogP contribution is -3.00. The van der Waals surface area contributed by atoms with E-state index in [1.807, 2.05) is 18.8 Å². The molecule has 1 saturated heterocycles. The maximum atomic E-state index is 5.32. The van der Waals surface area contributed by atoms with E-state index in [4.69, 9.17) is 14.2 Å². The zero-order chi connectivity index (χ0) is 18.8. The number of rotatable bonds is 0. The minimum absolute atomic E-state index is 0. The maximum Gasteiger partial charge on any atom is 0.333 e. The standard InChI is InChI=1S/C7H14NO.C6H11NO.C4H8O.CH3I.HI/c1-6-8(4)7(2,3)5-9-6;1-5-7-6(2,3)4-8-5;1-2-4-5-3-1;1-2;/h5H2,1-4H3;4H2,1-3H3;1-4H2;1H3;1H/q+1;;;;/p-1. The third-order valence-electron chi connectivity index (χ3n) is 3.94. The molecule has 150 valence electrons. The van der Waals surface area contributed by atoms with Crippen LogP contribution in [0.25, 0.3) is 0 Å². The maximum absolute atomic E-state index is 5.32. The molecule has 0 aromatic heterocycles. The molecule has 0 aromatic carbocycles. The zero-order valence-electron chi connectivity index (χ0n) is 17.1. The molecule has 1 fully saturated rings. The molecule has 0 spiro atoms. The summed E-state index contributed by atoms with van der Waals surface area (Å²) in [6, 6.07) is 0. The van der Waals surface area contributed by atoms with E-state index >= 15 is 0 Å². The van der Waals surface area contributed by atoms with E-state index < -0.39 is 0 Å². The number of aliphatic imine (C=N–C) groups is 1. The summed E-state index contributed by atoms with van der Waals surface area (Å²) in [4.78, 5) is 6.19. The molecular weight excluding hydrogens is 546 g/mol. The lowest BCUT2D eigenvalue weighted by atomic mass is 10.1. The molecule has 3 rings (SSSR count). The van der Waals surface area contributed by atoms with Gasteiger partial charge in [-0.3, -0.25) is 0 Å². The van der Waals surface area contributed by atoms with E-state index in [2.05, 4.69) is 66.9 Å². The van der Waals surface area contributed by atoms with Gasteiger partial charge in [-0.25, -0.2) is 4.99 Å². The smallest absolute Gasteiger partial charge is 0.333 e. The highest BCUT2D eigenvalue weighted by Gasteiger charge is 2.36. The predicted molar refractivity (Wildman–Crippen MR) is 110 cm³/mol. The first-order valence-electron chi connectivity index (χ1n) is 8.49. The van der Waals surface area contributed by atoms with Gasteiger partial charge >= 0.3 is 5.90 Å². The monoisotopic (exact) mass is 582 g/mol. The van der Waals surface area contributed by atoms with E-state index in [9.17, 15) is 0 Å². The quantitative estimate of drug-likeness (QED) is 0.243.